The van der Waals surface area contributed by atoms with Crippen molar-refractivity contribution in [3.05, 3.63) is 28.2 Å². The van der Waals surface area contributed by atoms with Crippen molar-refractivity contribution in [2.24, 2.45) is 5.92 Å². The molecule has 0 saturated carbocycles. The van der Waals surface area contributed by atoms with Crippen LogP contribution in [0, 0.1) is 5.92 Å². The van der Waals surface area contributed by atoms with E-state index < -0.39 is 0 Å². The Morgan fingerprint density at radius 3 is 2.67 bits per heavy atom. The summed E-state index contributed by atoms with van der Waals surface area (Å²) in [6, 6.07) is 6.04. The monoisotopic (exact) mass is 330 g/mol. The normalized spacial score (nSPS) is 23.2. The molecule has 2 aliphatic rings. The first-order valence-corrected chi connectivity index (χ1v) is 6.86. The molecule has 2 heterocycles. The second-order valence-electron chi connectivity index (χ2n) is 4.79. The minimum absolute atomic E-state index is 0. The van der Waals surface area contributed by atoms with Crippen LogP contribution >= 0.6 is 28.3 Å². The minimum atomic E-state index is 0. The van der Waals surface area contributed by atoms with Gasteiger partial charge in [0.1, 0.15) is 0 Å². The summed E-state index contributed by atoms with van der Waals surface area (Å²) < 4.78 is 1.05. The molecule has 1 atom stereocenters. The van der Waals surface area contributed by atoms with Crippen molar-refractivity contribution in [2.75, 3.05) is 18.4 Å². The second-order valence-corrected chi connectivity index (χ2v) is 5.70. The Labute approximate surface area is 121 Å². The lowest BCUT2D eigenvalue weighted by atomic mass is 9.81. The highest BCUT2D eigenvalue weighted by atomic mass is 79.9. The zero-order valence-electron chi connectivity index (χ0n) is 9.91. The second kappa shape index (κ2) is 5.59. The Morgan fingerprint density at radius 1 is 1.22 bits per heavy atom. The molecule has 0 bridgehead atoms. The summed E-state index contributed by atoms with van der Waals surface area (Å²) in [5.41, 5.74) is 2.15. The first-order chi connectivity index (χ1) is 8.25. The first kappa shape index (κ1) is 13.8. The molecule has 2 N–H and O–H groups in total. The molecule has 18 heavy (non-hydrogen) atoms. The fourth-order valence-corrected chi connectivity index (χ4v) is 3.28. The van der Waals surface area contributed by atoms with E-state index in [0.29, 0.717) is 5.92 Å². The summed E-state index contributed by atoms with van der Waals surface area (Å²) in [5.74, 6) is 0.696. The number of hydrogen-bond acceptors (Lipinski definition) is 2. The molecule has 1 amide bonds. The highest BCUT2D eigenvalue weighted by Gasteiger charge is 2.37. The summed E-state index contributed by atoms with van der Waals surface area (Å²) in [4.78, 5) is 12.1. The Morgan fingerprint density at radius 2 is 1.94 bits per heavy atom. The topological polar surface area (TPSA) is 41.1 Å². The van der Waals surface area contributed by atoms with Crippen LogP contribution in [0.25, 0.3) is 0 Å². The summed E-state index contributed by atoms with van der Waals surface area (Å²) >= 11 is 3.48. The van der Waals surface area contributed by atoms with Crippen LogP contribution in [0.15, 0.2) is 22.7 Å². The highest BCUT2D eigenvalue weighted by Crippen LogP contribution is 2.41. The molecule has 3 rings (SSSR count). The van der Waals surface area contributed by atoms with E-state index in [1.54, 1.807) is 0 Å². The average Bonchev–Trinajstić information content (AvgIpc) is 2.65. The maximum Gasteiger partial charge on any atom is 0.232 e. The van der Waals surface area contributed by atoms with E-state index in [9.17, 15) is 4.79 Å². The van der Waals surface area contributed by atoms with E-state index in [-0.39, 0.29) is 24.2 Å². The van der Waals surface area contributed by atoms with Gasteiger partial charge in [0.15, 0.2) is 0 Å². The molecule has 1 fully saturated rings. The van der Waals surface area contributed by atoms with Gasteiger partial charge in [-0.05, 0) is 55.6 Å². The number of piperidine rings is 1. The molecule has 0 radical (unpaired) electrons. The van der Waals surface area contributed by atoms with Gasteiger partial charge in [-0.1, -0.05) is 15.9 Å². The zero-order chi connectivity index (χ0) is 11.8. The van der Waals surface area contributed by atoms with E-state index in [0.717, 1.165) is 41.7 Å². The Bertz CT molecular complexity index is 460. The molecule has 0 spiro atoms. The number of carbonyl (C=O) groups is 1. The molecule has 0 aliphatic carbocycles. The number of hydrogen-bond donors (Lipinski definition) is 2. The molecule has 1 aromatic carbocycles. The predicted octanol–water partition coefficient (Wildman–Crippen LogP) is 2.91. The van der Waals surface area contributed by atoms with E-state index >= 15 is 0 Å². The van der Waals surface area contributed by atoms with Gasteiger partial charge in [0, 0.05) is 10.2 Å². The molecule has 98 valence electrons. The van der Waals surface area contributed by atoms with Crippen molar-refractivity contribution in [3.63, 3.8) is 0 Å². The first-order valence-electron chi connectivity index (χ1n) is 6.07. The number of nitrogens with one attached hydrogen (secondary N) is 2. The Balaban J connectivity index is 0.00000120. The van der Waals surface area contributed by atoms with E-state index in [2.05, 4.69) is 32.6 Å². The number of anilines is 1. The van der Waals surface area contributed by atoms with Crippen molar-refractivity contribution in [2.45, 2.75) is 18.8 Å². The van der Waals surface area contributed by atoms with Crippen molar-refractivity contribution in [1.29, 1.82) is 0 Å². The van der Waals surface area contributed by atoms with Gasteiger partial charge < -0.3 is 10.6 Å². The van der Waals surface area contributed by atoms with Crippen LogP contribution in [0.2, 0.25) is 0 Å². The average molecular weight is 332 g/mol. The van der Waals surface area contributed by atoms with Crippen LogP contribution in [-0.2, 0) is 4.79 Å². The molecular formula is C13H16BrClN2O. The van der Waals surface area contributed by atoms with Crippen molar-refractivity contribution in [1.82, 2.24) is 5.32 Å². The van der Waals surface area contributed by atoms with Gasteiger partial charge in [-0.25, -0.2) is 0 Å². The summed E-state index contributed by atoms with van der Waals surface area (Å²) in [6.07, 6.45) is 2.17. The maximum atomic E-state index is 12.1. The molecule has 0 aromatic heterocycles. The van der Waals surface area contributed by atoms with Gasteiger partial charge in [0.05, 0.1) is 5.92 Å². The number of benzene rings is 1. The van der Waals surface area contributed by atoms with Crippen LogP contribution < -0.4 is 10.6 Å². The fourth-order valence-electron chi connectivity index (χ4n) is 2.90. The molecule has 1 saturated heterocycles. The lowest BCUT2D eigenvalue weighted by molar-refractivity contribution is -0.118. The lowest BCUT2D eigenvalue weighted by Gasteiger charge is -2.26. The highest BCUT2D eigenvalue weighted by molar-refractivity contribution is 9.10. The largest absolute Gasteiger partial charge is 0.325 e. The van der Waals surface area contributed by atoms with Crippen molar-refractivity contribution >= 4 is 39.9 Å². The van der Waals surface area contributed by atoms with E-state index in [1.807, 2.05) is 12.1 Å². The predicted molar refractivity (Wildman–Crippen MR) is 78.4 cm³/mol. The molecule has 5 heteroatoms. The summed E-state index contributed by atoms with van der Waals surface area (Å²) in [6.45, 7) is 2.05. The van der Waals surface area contributed by atoms with Crippen LogP contribution in [0.3, 0.4) is 0 Å². The molecule has 1 unspecified atom stereocenters. The van der Waals surface area contributed by atoms with Gasteiger partial charge in [-0.2, -0.15) is 0 Å². The third-order valence-corrected chi connectivity index (χ3v) is 4.24. The summed E-state index contributed by atoms with van der Waals surface area (Å²) in [7, 11) is 0. The number of fused-ring (bicyclic) bond motifs is 1. The SMILES string of the molecule is Cl.O=C1Nc2ccc(Br)cc2C1C1CCNCC1. The van der Waals surface area contributed by atoms with Crippen LogP contribution in [0.1, 0.15) is 24.3 Å². The third kappa shape index (κ3) is 2.42. The molecule has 1 aromatic rings. The smallest absolute Gasteiger partial charge is 0.232 e. The molecule has 2 aliphatic heterocycles. The zero-order valence-corrected chi connectivity index (χ0v) is 12.3. The van der Waals surface area contributed by atoms with Gasteiger partial charge in [0.2, 0.25) is 5.91 Å². The van der Waals surface area contributed by atoms with Crippen LogP contribution in [0.4, 0.5) is 5.69 Å². The number of rotatable bonds is 1. The van der Waals surface area contributed by atoms with Gasteiger partial charge in [-0.3, -0.25) is 4.79 Å². The van der Waals surface area contributed by atoms with Gasteiger partial charge in [-0.15, -0.1) is 12.4 Å². The fraction of sp³-hybridized carbons (Fsp3) is 0.462. The van der Waals surface area contributed by atoms with Crippen molar-refractivity contribution in [3.8, 4) is 0 Å². The summed E-state index contributed by atoms with van der Waals surface area (Å²) in [5, 5.41) is 6.34. The third-order valence-electron chi connectivity index (χ3n) is 3.74. The van der Waals surface area contributed by atoms with Crippen LogP contribution in [0.5, 0.6) is 0 Å². The van der Waals surface area contributed by atoms with Gasteiger partial charge >= 0.3 is 0 Å². The van der Waals surface area contributed by atoms with E-state index in [4.69, 9.17) is 0 Å². The molecular weight excluding hydrogens is 316 g/mol. The number of halogens is 2. The maximum absolute atomic E-state index is 12.1. The van der Waals surface area contributed by atoms with E-state index in [1.165, 1.54) is 0 Å². The minimum Gasteiger partial charge on any atom is -0.325 e. The Kier molecular flexibility index (Phi) is 4.30. The standard InChI is InChI=1S/C13H15BrN2O.ClH/c14-9-1-2-11-10(7-9)12(13(17)16-11)8-3-5-15-6-4-8;/h1-2,7-8,12,15H,3-6H2,(H,16,17);1H. The van der Waals surface area contributed by atoms with Crippen molar-refractivity contribution < 1.29 is 4.79 Å². The number of amides is 1. The lowest BCUT2D eigenvalue weighted by Crippen LogP contribution is -2.33. The van der Waals surface area contributed by atoms with Crippen LogP contribution in [-0.4, -0.2) is 19.0 Å². The quantitative estimate of drug-likeness (QED) is 0.831. The molecule has 3 nitrogen and oxygen atoms in total. The number of carbonyl (C=O) groups excluding carboxylic acids is 1. The Hall–Kier alpha value is -0.580. The van der Waals surface area contributed by atoms with Gasteiger partial charge in [0.25, 0.3) is 0 Å².